The zero-order valence-corrected chi connectivity index (χ0v) is 16.7. The van der Waals surface area contributed by atoms with E-state index in [1.54, 1.807) is 12.1 Å². The van der Waals surface area contributed by atoms with Gasteiger partial charge in [0.25, 0.3) is 0 Å². The highest BCUT2D eigenvalue weighted by Crippen LogP contribution is 2.28. The van der Waals surface area contributed by atoms with Gasteiger partial charge in [0.1, 0.15) is 17.2 Å². The van der Waals surface area contributed by atoms with Crippen LogP contribution in [-0.4, -0.2) is 18.3 Å². The number of phenols is 1. The lowest BCUT2D eigenvalue weighted by atomic mass is 10.0. The Labute approximate surface area is 154 Å². The van der Waals surface area contributed by atoms with Crippen LogP contribution in [-0.2, 0) is 0 Å². The topological polar surface area (TPSA) is 38.7 Å². The van der Waals surface area contributed by atoms with Crippen molar-refractivity contribution in [1.29, 1.82) is 0 Å². The van der Waals surface area contributed by atoms with Crippen molar-refractivity contribution in [2.45, 2.75) is 79.1 Å². The SMILES string of the molecule is CCCCC(CC)COc1cc(O)cc(OCC(CC)CCCC)c1. The van der Waals surface area contributed by atoms with Crippen molar-refractivity contribution in [3.63, 3.8) is 0 Å². The molecule has 1 rings (SSSR count). The van der Waals surface area contributed by atoms with Gasteiger partial charge in [0.05, 0.1) is 13.2 Å². The van der Waals surface area contributed by atoms with Crippen LogP contribution in [0.2, 0.25) is 0 Å². The molecule has 0 aliphatic heterocycles. The fourth-order valence-corrected chi connectivity index (χ4v) is 2.95. The van der Waals surface area contributed by atoms with E-state index in [0.717, 1.165) is 12.8 Å². The molecule has 3 nitrogen and oxygen atoms in total. The molecule has 0 aliphatic carbocycles. The minimum absolute atomic E-state index is 0.204. The summed E-state index contributed by atoms with van der Waals surface area (Å²) >= 11 is 0. The first-order valence-electron chi connectivity index (χ1n) is 10.2. The van der Waals surface area contributed by atoms with E-state index in [4.69, 9.17) is 9.47 Å². The van der Waals surface area contributed by atoms with Crippen LogP contribution in [0.4, 0.5) is 0 Å². The lowest BCUT2D eigenvalue weighted by molar-refractivity contribution is 0.221. The predicted molar refractivity (Wildman–Crippen MR) is 106 cm³/mol. The molecular weight excluding hydrogens is 312 g/mol. The van der Waals surface area contributed by atoms with Crippen LogP contribution < -0.4 is 9.47 Å². The van der Waals surface area contributed by atoms with Gasteiger partial charge in [0.15, 0.2) is 0 Å². The highest BCUT2D eigenvalue weighted by molar-refractivity contribution is 5.41. The molecule has 1 aromatic carbocycles. The molecule has 0 amide bonds. The van der Waals surface area contributed by atoms with Gasteiger partial charge in [-0.3, -0.25) is 0 Å². The number of hydrogen-bond acceptors (Lipinski definition) is 3. The molecule has 0 aliphatic rings. The van der Waals surface area contributed by atoms with E-state index in [-0.39, 0.29) is 5.75 Å². The van der Waals surface area contributed by atoms with Gasteiger partial charge in [0.2, 0.25) is 0 Å². The van der Waals surface area contributed by atoms with Crippen molar-refractivity contribution >= 4 is 0 Å². The summed E-state index contributed by atoms with van der Waals surface area (Å²) in [4.78, 5) is 0. The van der Waals surface area contributed by atoms with Gasteiger partial charge in [-0.2, -0.15) is 0 Å². The molecule has 0 fully saturated rings. The Bertz CT molecular complexity index is 420. The molecule has 0 bridgehead atoms. The average Bonchev–Trinajstić information content (AvgIpc) is 2.61. The number of phenolic OH excluding ortho intramolecular Hbond substituents is 1. The Kier molecular flexibility index (Phi) is 11.2. The number of ether oxygens (including phenoxy) is 2. The highest BCUT2D eigenvalue weighted by Gasteiger charge is 2.10. The predicted octanol–water partition coefficient (Wildman–Crippen LogP) is 6.58. The number of unbranched alkanes of at least 4 members (excludes halogenated alkanes) is 2. The van der Waals surface area contributed by atoms with E-state index in [2.05, 4.69) is 27.7 Å². The fourth-order valence-electron chi connectivity index (χ4n) is 2.95. The Morgan fingerprint density at radius 3 is 1.56 bits per heavy atom. The van der Waals surface area contributed by atoms with Crippen LogP contribution in [0.3, 0.4) is 0 Å². The van der Waals surface area contributed by atoms with E-state index in [1.807, 2.05) is 6.07 Å². The standard InChI is InChI=1S/C22H38O3/c1-5-9-11-18(7-3)16-24-21-13-20(23)14-22(15-21)25-17-19(8-4)12-10-6-2/h13-15,18-19,23H,5-12,16-17H2,1-4H3. The smallest absolute Gasteiger partial charge is 0.126 e. The van der Waals surface area contributed by atoms with Crippen LogP contribution >= 0.6 is 0 Å². The van der Waals surface area contributed by atoms with Crippen LogP contribution in [0.25, 0.3) is 0 Å². The number of aromatic hydroxyl groups is 1. The minimum Gasteiger partial charge on any atom is -0.508 e. The number of benzene rings is 1. The zero-order chi connectivity index (χ0) is 18.5. The van der Waals surface area contributed by atoms with Gasteiger partial charge in [-0.25, -0.2) is 0 Å². The summed E-state index contributed by atoms with van der Waals surface area (Å²) < 4.78 is 11.9. The number of hydrogen-bond donors (Lipinski definition) is 1. The van der Waals surface area contributed by atoms with Gasteiger partial charge in [0, 0.05) is 18.2 Å². The van der Waals surface area contributed by atoms with Gasteiger partial charge >= 0.3 is 0 Å². The second-order valence-electron chi connectivity index (χ2n) is 7.12. The first-order valence-corrected chi connectivity index (χ1v) is 10.2. The van der Waals surface area contributed by atoms with Crippen LogP contribution in [0.15, 0.2) is 18.2 Å². The minimum atomic E-state index is 0.204. The van der Waals surface area contributed by atoms with Gasteiger partial charge in [-0.1, -0.05) is 66.2 Å². The third-order valence-corrected chi connectivity index (χ3v) is 4.92. The second-order valence-corrected chi connectivity index (χ2v) is 7.12. The van der Waals surface area contributed by atoms with Crippen molar-refractivity contribution < 1.29 is 14.6 Å². The molecular formula is C22H38O3. The molecule has 0 saturated heterocycles. The molecule has 2 unspecified atom stereocenters. The van der Waals surface area contributed by atoms with Gasteiger partial charge in [-0.05, 0) is 24.7 Å². The highest BCUT2D eigenvalue weighted by atomic mass is 16.5. The fraction of sp³-hybridized carbons (Fsp3) is 0.727. The summed E-state index contributed by atoms with van der Waals surface area (Å²) in [5.74, 6) is 2.75. The van der Waals surface area contributed by atoms with Crippen molar-refractivity contribution in [2.24, 2.45) is 11.8 Å². The van der Waals surface area contributed by atoms with Crippen molar-refractivity contribution in [1.82, 2.24) is 0 Å². The lowest BCUT2D eigenvalue weighted by Gasteiger charge is -2.18. The van der Waals surface area contributed by atoms with E-state index < -0.39 is 0 Å². The Morgan fingerprint density at radius 1 is 0.760 bits per heavy atom. The lowest BCUT2D eigenvalue weighted by Crippen LogP contribution is -2.12. The summed E-state index contributed by atoms with van der Waals surface area (Å²) in [5.41, 5.74) is 0. The molecule has 144 valence electrons. The first-order chi connectivity index (χ1) is 12.1. The summed E-state index contributed by atoms with van der Waals surface area (Å²) in [5, 5.41) is 9.96. The molecule has 0 radical (unpaired) electrons. The Hall–Kier alpha value is -1.38. The van der Waals surface area contributed by atoms with Crippen molar-refractivity contribution in [3.8, 4) is 17.2 Å². The maximum absolute atomic E-state index is 9.96. The van der Waals surface area contributed by atoms with E-state index >= 15 is 0 Å². The summed E-state index contributed by atoms with van der Waals surface area (Å²) in [6.45, 7) is 10.3. The molecule has 0 saturated carbocycles. The molecule has 0 heterocycles. The summed E-state index contributed by atoms with van der Waals surface area (Å²) in [7, 11) is 0. The molecule has 2 atom stereocenters. The molecule has 25 heavy (non-hydrogen) atoms. The van der Waals surface area contributed by atoms with Crippen LogP contribution in [0.1, 0.15) is 79.1 Å². The summed E-state index contributed by atoms with van der Waals surface area (Å²) in [6.07, 6.45) is 9.57. The molecule has 0 aromatic heterocycles. The van der Waals surface area contributed by atoms with E-state index in [1.165, 1.54) is 38.5 Å². The van der Waals surface area contributed by atoms with Crippen molar-refractivity contribution in [3.05, 3.63) is 18.2 Å². The summed E-state index contributed by atoms with van der Waals surface area (Å²) in [6, 6.07) is 5.25. The first kappa shape index (κ1) is 21.7. The largest absolute Gasteiger partial charge is 0.508 e. The molecule has 3 heteroatoms. The monoisotopic (exact) mass is 350 g/mol. The third kappa shape index (κ3) is 9.04. The molecule has 0 spiro atoms. The van der Waals surface area contributed by atoms with Crippen LogP contribution in [0, 0.1) is 11.8 Å². The normalized spacial score (nSPS) is 13.4. The van der Waals surface area contributed by atoms with E-state index in [0.29, 0.717) is 36.5 Å². The average molecular weight is 351 g/mol. The second kappa shape index (κ2) is 12.9. The van der Waals surface area contributed by atoms with Crippen molar-refractivity contribution in [2.75, 3.05) is 13.2 Å². The quantitative estimate of drug-likeness (QED) is 0.412. The van der Waals surface area contributed by atoms with Crippen LogP contribution in [0.5, 0.6) is 17.2 Å². The maximum atomic E-state index is 9.96. The van der Waals surface area contributed by atoms with E-state index in [9.17, 15) is 5.11 Å². The molecule has 1 aromatic rings. The van der Waals surface area contributed by atoms with Gasteiger partial charge < -0.3 is 14.6 Å². The number of rotatable bonds is 14. The maximum Gasteiger partial charge on any atom is 0.126 e. The molecule has 1 N–H and O–H groups in total. The Morgan fingerprint density at radius 2 is 1.20 bits per heavy atom. The Balaban J connectivity index is 2.56. The third-order valence-electron chi connectivity index (χ3n) is 4.92. The van der Waals surface area contributed by atoms with Gasteiger partial charge in [-0.15, -0.1) is 0 Å². The zero-order valence-electron chi connectivity index (χ0n) is 16.7.